The summed E-state index contributed by atoms with van der Waals surface area (Å²) in [5, 5.41) is 0. The van der Waals surface area contributed by atoms with E-state index < -0.39 is 5.97 Å². The number of amides is 1. The largest absolute Gasteiger partial charge is 0.496 e. The quantitative estimate of drug-likeness (QED) is 0.220. The third-order valence-corrected chi connectivity index (χ3v) is 5.99. The van der Waals surface area contributed by atoms with Crippen LogP contribution in [0.4, 0.5) is 5.69 Å². The van der Waals surface area contributed by atoms with Crippen LogP contribution in [0.1, 0.15) is 27.0 Å². The van der Waals surface area contributed by atoms with E-state index in [1.807, 2.05) is 55.5 Å². The highest BCUT2D eigenvalue weighted by Gasteiger charge is 2.19. The maximum atomic E-state index is 13.6. The maximum Gasteiger partial charge on any atom is 0.330 e. The van der Waals surface area contributed by atoms with Gasteiger partial charge in [-0.15, -0.1) is 0 Å². The zero-order chi connectivity index (χ0) is 26.2. The number of anilines is 1. The number of hydrogen-bond donors (Lipinski definition) is 0. The standard InChI is InChI=1S/C31H28N2O4/c1-22-19-27(12-13-29(22)36-2)25-10-7-24(8-11-25)21-33(31(35)26-15-17-32-18-16-26)28-6-4-5-23(20-28)9-14-30(34)37-3/h4-20H,21H2,1-3H3/b14-9+. The Balaban J connectivity index is 1.64. The van der Waals surface area contributed by atoms with Gasteiger partial charge in [0.2, 0.25) is 0 Å². The summed E-state index contributed by atoms with van der Waals surface area (Å²) < 4.78 is 10.1. The van der Waals surface area contributed by atoms with Crippen LogP contribution >= 0.6 is 0 Å². The van der Waals surface area contributed by atoms with Gasteiger partial charge in [0.15, 0.2) is 0 Å². The number of carbonyl (C=O) groups is 2. The molecule has 4 rings (SSSR count). The highest BCUT2D eigenvalue weighted by Crippen LogP contribution is 2.27. The summed E-state index contributed by atoms with van der Waals surface area (Å²) in [6.45, 7) is 2.39. The van der Waals surface area contributed by atoms with Crippen LogP contribution in [0.5, 0.6) is 5.75 Å². The topological polar surface area (TPSA) is 68.7 Å². The molecule has 6 heteroatoms. The Morgan fingerprint density at radius 2 is 1.62 bits per heavy atom. The van der Waals surface area contributed by atoms with Crippen molar-refractivity contribution >= 4 is 23.6 Å². The molecule has 1 heterocycles. The fraction of sp³-hybridized carbons (Fsp3) is 0.129. The Bertz CT molecular complexity index is 1410. The number of hydrogen-bond acceptors (Lipinski definition) is 5. The molecular formula is C31H28N2O4. The molecule has 1 amide bonds. The summed E-state index contributed by atoms with van der Waals surface area (Å²) in [6.07, 6.45) is 6.23. The molecule has 4 aromatic rings. The molecule has 0 radical (unpaired) electrons. The summed E-state index contributed by atoms with van der Waals surface area (Å²) in [6, 6.07) is 25.1. The van der Waals surface area contributed by atoms with Crippen molar-refractivity contribution in [1.29, 1.82) is 0 Å². The van der Waals surface area contributed by atoms with E-state index in [2.05, 4.69) is 27.9 Å². The highest BCUT2D eigenvalue weighted by atomic mass is 16.5. The maximum absolute atomic E-state index is 13.6. The molecule has 0 unspecified atom stereocenters. The first kappa shape index (κ1) is 25.4. The van der Waals surface area contributed by atoms with Gasteiger partial charge in [0.25, 0.3) is 5.91 Å². The van der Waals surface area contributed by atoms with Gasteiger partial charge in [-0.2, -0.15) is 0 Å². The van der Waals surface area contributed by atoms with Crippen LogP contribution in [0.15, 0.2) is 97.3 Å². The lowest BCUT2D eigenvalue weighted by atomic mass is 10.0. The third-order valence-electron chi connectivity index (χ3n) is 5.99. The van der Waals surface area contributed by atoms with Crippen molar-refractivity contribution < 1.29 is 19.1 Å². The second-order valence-electron chi connectivity index (χ2n) is 8.46. The summed E-state index contributed by atoms with van der Waals surface area (Å²) in [7, 11) is 3.00. The second-order valence-corrected chi connectivity index (χ2v) is 8.46. The number of carbonyl (C=O) groups excluding carboxylic acids is 2. The van der Waals surface area contributed by atoms with Crippen LogP contribution in [-0.2, 0) is 16.1 Å². The van der Waals surface area contributed by atoms with Gasteiger partial charge in [-0.05, 0) is 77.2 Å². The van der Waals surface area contributed by atoms with E-state index in [9.17, 15) is 9.59 Å². The molecule has 0 bridgehead atoms. The molecule has 1 aromatic heterocycles. The molecule has 0 fully saturated rings. The van der Waals surface area contributed by atoms with Crippen molar-refractivity contribution in [2.75, 3.05) is 19.1 Å². The van der Waals surface area contributed by atoms with Gasteiger partial charge in [-0.25, -0.2) is 4.79 Å². The molecule has 0 atom stereocenters. The van der Waals surface area contributed by atoms with E-state index in [0.29, 0.717) is 17.8 Å². The predicted octanol–water partition coefficient (Wildman–Crippen LogP) is 6.10. The molecule has 0 N–H and O–H groups in total. The number of esters is 1. The lowest BCUT2D eigenvalue weighted by Crippen LogP contribution is -2.30. The first-order valence-electron chi connectivity index (χ1n) is 11.8. The SMILES string of the molecule is COC(=O)/C=C/c1cccc(N(Cc2ccc(-c3ccc(OC)c(C)c3)cc2)C(=O)c2ccncc2)c1. The number of ether oxygens (including phenoxy) is 2. The van der Waals surface area contributed by atoms with Gasteiger partial charge < -0.3 is 14.4 Å². The van der Waals surface area contributed by atoms with E-state index in [1.165, 1.54) is 13.2 Å². The van der Waals surface area contributed by atoms with Gasteiger partial charge in [-0.3, -0.25) is 9.78 Å². The minimum Gasteiger partial charge on any atom is -0.496 e. The van der Waals surface area contributed by atoms with Crippen molar-refractivity contribution in [3.05, 3.63) is 120 Å². The number of nitrogens with zero attached hydrogens (tertiary/aromatic N) is 2. The minimum absolute atomic E-state index is 0.147. The Morgan fingerprint density at radius 3 is 2.30 bits per heavy atom. The van der Waals surface area contributed by atoms with Crippen LogP contribution in [0.3, 0.4) is 0 Å². The Hall–Kier alpha value is -4.71. The predicted molar refractivity (Wildman–Crippen MR) is 145 cm³/mol. The smallest absolute Gasteiger partial charge is 0.330 e. The third kappa shape index (κ3) is 6.30. The number of aromatic nitrogens is 1. The average molecular weight is 493 g/mol. The Labute approximate surface area is 216 Å². The van der Waals surface area contributed by atoms with Gasteiger partial charge in [0.05, 0.1) is 20.8 Å². The summed E-state index contributed by atoms with van der Waals surface area (Å²) >= 11 is 0. The van der Waals surface area contributed by atoms with Crippen molar-refractivity contribution in [3.8, 4) is 16.9 Å². The van der Waals surface area contributed by atoms with Crippen LogP contribution in [-0.4, -0.2) is 31.1 Å². The fourth-order valence-electron chi connectivity index (χ4n) is 4.00. The van der Waals surface area contributed by atoms with Crippen LogP contribution in [0.2, 0.25) is 0 Å². The zero-order valence-corrected chi connectivity index (χ0v) is 21.0. The number of aryl methyl sites for hydroxylation is 1. The van der Waals surface area contributed by atoms with Crippen LogP contribution < -0.4 is 9.64 Å². The summed E-state index contributed by atoms with van der Waals surface area (Å²) in [5.74, 6) is 0.267. The molecule has 0 aliphatic carbocycles. The molecule has 0 spiro atoms. The minimum atomic E-state index is -0.442. The van der Waals surface area contributed by atoms with Crippen molar-refractivity contribution in [2.24, 2.45) is 0 Å². The van der Waals surface area contributed by atoms with E-state index in [4.69, 9.17) is 4.74 Å². The molecule has 0 saturated carbocycles. The molecule has 0 aliphatic rings. The number of rotatable bonds is 8. The lowest BCUT2D eigenvalue weighted by molar-refractivity contribution is -0.134. The van der Waals surface area contributed by atoms with Crippen molar-refractivity contribution in [1.82, 2.24) is 4.98 Å². The molecule has 186 valence electrons. The van der Waals surface area contributed by atoms with Crippen molar-refractivity contribution in [2.45, 2.75) is 13.5 Å². The van der Waals surface area contributed by atoms with E-state index in [0.717, 1.165) is 33.6 Å². The fourth-order valence-corrected chi connectivity index (χ4v) is 4.00. The van der Waals surface area contributed by atoms with Gasteiger partial charge in [0.1, 0.15) is 5.75 Å². The van der Waals surface area contributed by atoms with E-state index in [-0.39, 0.29) is 5.91 Å². The molecule has 3 aromatic carbocycles. The average Bonchev–Trinajstić information content (AvgIpc) is 2.95. The Kier molecular flexibility index (Phi) is 8.11. The summed E-state index contributed by atoms with van der Waals surface area (Å²) in [4.78, 5) is 30.8. The number of pyridine rings is 1. The molecule has 0 aliphatic heterocycles. The first-order valence-corrected chi connectivity index (χ1v) is 11.8. The highest BCUT2D eigenvalue weighted by molar-refractivity contribution is 6.06. The normalized spacial score (nSPS) is 10.8. The van der Waals surface area contributed by atoms with Crippen molar-refractivity contribution in [3.63, 3.8) is 0 Å². The van der Waals surface area contributed by atoms with Gasteiger partial charge in [0, 0.05) is 29.7 Å². The molecule has 37 heavy (non-hydrogen) atoms. The molecule has 0 saturated heterocycles. The molecule has 6 nitrogen and oxygen atoms in total. The van der Waals surface area contributed by atoms with E-state index in [1.54, 1.807) is 42.6 Å². The second kappa shape index (κ2) is 11.8. The van der Waals surface area contributed by atoms with Crippen LogP contribution in [0.25, 0.3) is 17.2 Å². The Morgan fingerprint density at radius 1 is 0.892 bits per heavy atom. The number of benzene rings is 3. The lowest BCUT2D eigenvalue weighted by Gasteiger charge is -2.24. The molecular weight excluding hydrogens is 464 g/mol. The first-order chi connectivity index (χ1) is 18.0. The van der Waals surface area contributed by atoms with E-state index >= 15 is 0 Å². The zero-order valence-electron chi connectivity index (χ0n) is 21.0. The van der Waals surface area contributed by atoms with Crippen LogP contribution in [0, 0.1) is 6.92 Å². The number of methoxy groups -OCH3 is 2. The summed E-state index contributed by atoms with van der Waals surface area (Å²) in [5.41, 5.74) is 6.25. The monoisotopic (exact) mass is 492 g/mol. The van der Waals surface area contributed by atoms with Gasteiger partial charge in [-0.1, -0.05) is 42.5 Å². The van der Waals surface area contributed by atoms with Gasteiger partial charge >= 0.3 is 5.97 Å².